The normalized spacial score (nSPS) is 10.7. The van der Waals surface area contributed by atoms with Crippen LogP contribution in [0, 0.1) is 16.7 Å². The van der Waals surface area contributed by atoms with Crippen LogP contribution in [-0.2, 0) is 7.05 Å². The molecule has 7 nitrogen and oxygen atoms in total. The predicted octanol–water partition coefficient (Wildman–Crippen LogP) is 1.60. The molecule has 0 atom stereocenters. The van der Waals surface area contributed by atoms with Gasteiger partial charge in [-0.3, -0.25) is 19.8 Å². The van der Waals surface area contributed by atoms with Gasteiger partial charge in [-0.15, -0.1) is 0 Å². The smallest absolute Gasteiger partial charge is 0.330 e. The van der Waals surface area contributed by atoms with Crippen molar-refractivity contribution in [3.63, 3.8) is 0 Å². The molecule has 1 aromatic carbocycles. The second-order valence-corrected chi connectivity index (χ2v) is 5.71. The van der Waals surface area contributed by atoms with Crippen molar-refractivity contribution in [1.29, 1.82) is 10.7 Å². The Balaban J connectivity index is 2.62. The van der Waals surface area contributed by atoms with Crippen molar-refractivity contribution in [2.45, 2.75) is 0 Å². The summed E-state index contributed by atoms with van der Waals surface area (Å²) in [5, 5.41) is 17.3. The van der Waals surface area contributed by atoms with Gasteiger partial charge in [0.2, 0.25) is 11.3 Å². The second-order valence-electron chi connectivity index (χ2n) is 4.80. The van der Waals surface area contributed by atoms with Crippen molar-refractivity contribution in [3.05, 3.63) is 60.7 Å². The fraction of sp³-hybridized carbons (Fsp3) is 0.0667. The third-order valence-corrected chi connectivity index (χ3v) is 3.98. The number of hydrogen-bond acceptors (Lipinski definition) is 5. The number of benzene rings is 1. The van der Waals surface area contributed by atoms with Gasteiger partial charge in [0.1, 0.15) is 17.0 Å². The molecule has 2 aromatic heterocycles. The molecule has 0 aliphatic carbocycles. The monoisotopic (exact) mass is 372 g/mol. The summed E-state index contributed by atoms with van der Waals surface area (Å²) < 4.78 is 6.88. The minimum absolute atomic E-state index is 0.0574. The Morgan fingerprint density at radius 1 is 1.30 bits per heavy atom. The Kier molecular flexibility index (Phi) is 3.50. The fourth-order valence-electron chi connectivity index (χ4n) is 2.30. The van der Waals surface area contributed by atoms with Crippen molar-refractivity contribution >= 4 is 27.0 Å². The van der Waals surface area contributed by atoms with Crippen molar-refractivity contribution in [2.24, 2.45) is 7.05 Å². The number of rotatable bonds is 1. The maximum atomic E-state index is 12.5. The van der Waals surface area contributed by atoms with Gasteiger partial charge in [-0.05, 0) is 17.7 Å². The number of H-pyrrole nitrogens is 1. The SMILES string of the molecule is Cn1c(=O)[nH]c2oc(=N)c(C#N)c(-c3ccc(Br)cc3)c2c1=O. The van der Waals surface area contributed by atoms with Crippen LogP contribution in [0.2, 0.25) is 0 Å². The Bertz CT molecular complexity index is 1150. The lowest BCUT2D eigenvalue weighted by Crippen LogP contribution is -2.33. The molecule has 3 rings (SSSR count). The average Bonchev–Trinajstić information content (AvgIpc) is 2.52. The van der Waals surface area contributed by atoms with Crippen molar-refractivity contribution in [1.82, 2.24) is 9.55 Å². The van der Waals surface area contributed by atoms with Crippen LogP contribution in [0.5, 0.6) is 0 Å². The highest BCUT2D eigenvalue weighted by molar-refractivity contribution is 9.10. The predicted molar refractivity (Wildman–Crippen MR) is 85.8 cm³/mol. The fourth-order valence-corrected chi connectivity index (χ4v) is 2.57. The quantitative estimate of drug-likeness (QED) is 0.674. The molecule has 2 N–H and O–H groups in total. The molecule has 0 saturated carbocycles. The molecular weight excluding hydrogens is 364 g/mol. The van der Waals surface area contributed by atoms with Gasteiger partial charge in [0, 0.05) is 17.1 Å². The maximum absolute atomic E-state index is 12.5. The minimum atomic E-state index is -0.655. The minimum Gasteiger partial charge on any atom is -0.421 e. The average molecular weight is 373 g/mol. The lowest BCUT2D eigenvalue weighted by atomic mass is 9.99. The first-order valence-corrected chi connectivity index (χ1v) is 7.24. The molecule has 0 fully saturated rings. The molecule has 114 valence electrons. The van der Waals surface area contributed by atoms with Gasteiger partial charge in [0.15, 0.2) is 0 Å². The van der Waals surface area contributed by atoms with E-state index in [1.165, 1.54) is 7.05 Å². The standard InChI is InChI=1S/C15H9BrN4O3/c1-20-14(21)11-10(7-2-4-8(16)5-3-7)9(6-17)12(18)23-13(11)19-15(20)22/h2-5,18H,1H3,(H,19,22). The summed E-state index contributed by atoms with van der Waals surface area (Å²) in [6.45, 7) is 0. The van der Waals surface area contributed by atoms with Crippen LogP contribution in [-0.4, -0.2) is 9.55 Å². The van der Waals surface area contributed by atoms with Gasteiger partial charge in [-0.25, -0.2) is 4.79 Å². The zero-order chi connectivity index (χ0) is 16.7. The van der Waals surface area contributed by atoms with Crippen LogP contribution in [0.15, 0.2) is 42.7 Å². The molecule has 0 aliphatic rings. The molecule has 0 radical (unpaired) electrons. The summed E-state index contributed by atoms with van der Waals surface area (Å²) in [5.41, 5.74) is -1.02. The third-order valence-electron chi connectivity index (χ3n) is 3.45. The Labute approximate surface area is 137 Å². The Morgan fingerprint density at radius 3 is 2.57 bits per heavy atom. The number of aromatic nitrogens is 2. The van der Waals surface area contributed by atoms with Gasteiger partial charge >= 0.3 is 5.69 Å². The van der Waals surface area contributed by atoms with E-state index in [0.717, 1.165) is 9.04 Å². The summed E-state index contributed by atoms with van der Waals surface area (Å²) in [4.78, 5) is 26.6. The molecule has 0 bridgehead atoms. The van der Waals surface area contributed by atoms with E-state index in [-0.39, 0.29) is 22.2 Å². The molecular formula is C15H9BrN4O3. The first-order valence-electron chi connectivity index (χ1n) is 6.44. The van der Waals surface area contributed by atoms with Crippen LogP contribution in [0.1, 0.15) is 5.56 Å². The molecule has 0 aliphatic heterocycles. The largest absolute Gasteiger partial charge is 0.421 e. The number of fused-ring (bicyclic) bond motifs is 1. The number of nitrogens with one attached hydrogen (secondary N) is 2. The van der Waals surface area contributed by atoms with Gasteiger partial charge in [0.25, 0.3) is 5.56 Å². The number of halogens is 1. The summed E-state index contributed by atoms with van der Waals surface area (Å²) in [5.74, 6) is 0. The van der Waals surface area contributed by atoms with Gasteiger partial charge < -0.3 is 4.42 Å². The number of nitrogens with zero attached hydrogens (tertiary/aromatic N) is 2. The van der Waals surface area contributed by atoms with Gasteiger partial charge in [0.05, 0.1) is 0 Å². The number of nitriles is 1. The topological polar surface area (TPSA) is 116 Å². The Hall–Kier alpha value is -2.92. The summed E-state index contributed by atoms with van der Waals surface area (Å²) in [6, 6.07) is 8.83. The highest BCUT2D eigenvalue weighted by atomic mass is 79.9. The molecule has 3 aromatic rings. The molecule has 8 heteroatoms. The van der Waals surface area contributed by atoms with Crippen LogP contribution in [0.4, 0.5) is 0 Å². The third kappa shape index (κ3) is 2.31. The lowest BCUT2D eigenvalue weighted by Gasteiger charge is -2.09. The van der Waals surface area contributed by atoms with E-state index in [1.54, 1.807) is 24.3 Å². The lowest BCUT2D eigenvalue weighted by molar-refractivity contribution is 0.516. The van der Waals surface area contributed by atoms with E-state index >= 15 is 0 Å². The first kappa shape index (κ1) is 15.0. The van der Waals surface area contributed by atoms with Crippen molar-refractivity contribution in [2.75, 3.05) is 0 Å². The molecule has 0 unspecified atom stereocenters. The Morgan fingerprint density at radius 2 is 1.96 bits per heavy atom. The molecule has 23 heavy (non-hydrogen) atoms. The summed E-state index contributed by atoms with van der Waals surface area (Å²) in [6.07, 6.45) is 0. The van der Waals surface area contributed by atoms with Gasteiger partial charge in [-0.1, -0.05) is 28.1 Å². The summed E-state index contributed by atoms with van der Waals surface area (Å²) >= 11 is 3.32. The zero-order valence-electron chi connectivity index (χ0n) is 11.8. The van der Waals surface area contributed by atoms with Crippen LogP contribution < -0.4 is 16.8 Å². The maximum Gasteiger partial charge on any atom is 0.330 e. The van der Waals surface area contributed by atoms with E-state index < -0.39 is 16.8 Å². The van der Waals surface area contributed by atoms with Crippen molar-refractivity contribution in [3.8, 4) is 17.2 Å². The highest BCUT2D eigenvalue weighted by Crippen LogP contribution is 2.28. The molecule has 0 amide bonds. The second kappa shape index (κ2) is 5.37. The van der Waals surface area contributed by atoms with Crippen LogP contribution in [0.3, 0.4) is 0 Å². The zero-order valence-corrected chi connectivity index (χ0v) is 13.4. The van der Waals surface area contributed by atoms with E-state index in [0.29, 0.717) is 5.56 Å². The van der Waals surface area contributed by atoms with Crippen LogP contribution in [0.25, 0.3) is 22.2 Å². The molecule has 0 spiro atoms. The van der Waals surface area contributed by atoms with E-state index in [4.69, 9.17) is 9.83 Å². The number of hydrogen-bond donors (Lipinski definition) is 2. The number of aromatic amines is 1. The van der Waals surface area contributed by atoms with Crippen molar-refractivity contribution < 1.29 is 4.42 Å². The van der Waals surface area contributed by atoms with E-state index in [1.807, 2.05) is 6.07 Å². The summed E-state index contributed by atoms with van der Waals surface area (Å²) in [7, 11) is 1.33. The highest BCUT2D eigenvalue weighted by Gasteiger charge is 2.19. The van der Waals surface area contributed by atoms with E-state index in [2.05, 4.69) is 20.9 Å². The first-order chi connectivity index (χ1) is 10.9. The van der Waals surface area contributed by atoms with Gasteiger partial charge in [-0.2, -0.15) is 5.26 Å². The molecule has 2 heterocycles. The van der Waals surface area contributed by atoms with Crippen LogP contribution >= 0.6 is 15.9 Å². The van der Waals surface area contributed by atoms with E-state index in [9.17, 15) is 14.9 Å². The molecule has 0 saturated heterocycles.